The number of rotatable bonds is 3. The van der Waals surface area contributed by atoms with Crippen LogP contribution in [0.2, 0.25) is 10.0 Å². The third-order valence-corrected chi connectivity index (χ3v) is 5.65. The number of thiocarbonyl (C=S) groups is 1. The number of nitrogens with zero attached hydrogens (tertiary/aromatic N) is 1. The van der Waals surface area contributed by atoms with E-state index in [-0.39, 0.29) is 11.0 Å². The number of nitrogens with one attached hydrogen (secondary N) is 2. The number of aromatic nitrogens is 1. The van der Waals surface area contributed by atoms with Crippen LogP contribution in [0.3, 0.4) is 0 Å². The predicted octanol–water partition coefficient (Wildman–Crippen LogP) is 5.75. The molecule has 0 atom stereocenters. The average molecular weight is 436 g/mol. The van der Waals surface area contributed by atoms with Crippen LogP contribution in [0.5, 0.6) is 0 Å². The van der Waals surface area contributed by atoms with E-state index < -0.39 is 0 Å². The van der Waals surface area contributed by atoms with Crippen LogP contribution in [0.15, 0.2) is 36.4 Å². The molecule has 2 aromatic carbocycles. The zero-order chi connectivity index (χ0) is 19.6. The van der Waals surface area contributed by atoms with E-state index >= 15 is 0 Å². The first-order chi connectivity index (χ1) is 12.8. The van der Waals surface area contributed by atoms with Gasteiger partial charge in [0.2, 0.25) is 5.91 Å². The Bertz CT molecular complexity index is 1040. The molecule has 0 saturated carbocycles. The molecule has 8 heteroatoms. The summed E-state index contributed by atoms with van der Waals surface area (Å²) < 4.78 is 1.10. The number of anilines is 1. The molecular formula is C19H15Cl2N3OS2. The Morgan fingerprint density at radius 2 is 1.93 bits per heavy atom. The van der Waals surface area contributed by atoms with Gasteiger partial charge in [-0.25, -0.2) is 4.98 Å². The van der Waals surface area contributed by atoms with E-state index in [0.717, 1.165) is 21.3 Å². The third-order valence-electron chi connectivity index (χ3n) is 3.78. The van der Waals surface area contributed by atoms with Gasteiger partial charge in [0.05, 0.1) is 10.2 Å². The second-order valence-electron chi connectivity index (χ2n) is 5.84. The number of amides is 1. The van der Waals surface area contributed by atoms with Crippen LogP contribution in [-0.4, -0.2) is 16.0 Å². The normalized spacial score (nSPS) is 11.1. The van der Waals surface area contributed by atoms with Crippen molar-refractivity contribution in [3.8, 4) is 0 Å². The highest BCUT2D eigenvalue weighted by atomic mass is 35.5. The summed E-state index contributed by atoms with van der Waals surface area (Å²) in [5.74, 6) is -0.369. The summed E-state index contributed by atoms with van der Waals surface area (Å²) in [4.78, 5) is 16.6. The Kier molecular flexibility index (Phi) is 6.11. The number of halogens is 2. The van der Waals surface area contributed by atoms with E-state index in [2.05, 4.69) is 21.7 Å². The van der Waals surface area contributed by atoms with Gasteiger partial charge in [-0.3, -0.25) is 10.1 Å². The highest BCUT2D eigenvalue weighted by molar-refractivity contribution is 7.80. The standard InChI is InChI=1S/C19H15Cl2N3OS2/c1-10-3-4-11(2)17-16(10)23-19(27-17)24-18(26)22-15(25)8-6-12-5-7-13(20)9-14(12)21/h3-9H,1-2H3,(H2,22,23,24,25,26)/b8-6+. The zero-order valence-electron chi connectivity index (χ0n) is 14.5. The SMILES string of the molecule is Cc1ccc(C)c2sc(NC(=S)NC(=O)/C=C/c3ccc(Cl)cc3Cl)nc12. The minimum Gasteiger partial charge on any atom is -0.308 e. The molecule has 1 amide bonds. The number of fused-ring (bicyclic) bond motifs is 1. The van der Waals surface area contributed by atoms with Gasteiger partial charge < -0.3 is 5.32 Å². The number of carbonyl (C=O) groups excluding carboxylic acids is 1. The molecule has 1 heterocycles. The summed E-state index contributed by atoms with van der Waals surface area (Å²) in [5.41, 5.74) is 3.87. The van der Waals surface area contributed by atoms with Crippen LogP contribution in [0, 0.1) is 13.8 Å². The minimum atomic E-state index is -0.369. The topological polar surface area (TPSA) is 54.0 Å². The fraction of sp³-hybridized carbons (Fsp3) is 0.105. The monoisotopic (exact) mass is 435 g/mol. The molecule has 0 spiro atoms. The number of aryl methyl sites for hydroxylation is 2. The van der Waals surface area contributed by atoms with Crippen LogP contribution in [-0.2, 0) is 4.79 Å². The maximum atomic E-state index is 12.1. The minimum absolute atomic E-state index is 0.182. The molecule has 27 heavy (non-hydrogen) atoms. The molecular weight excluding hydrogens is 421 g/mol. The van der Waals surface area contributed by atoms with Crippen LogP contribution in [0.4, 0.5) is 5.13 Å². The highest BCUT2D eigenvalue weighted by Crippen LogP contribution is 2.30. The summed E-state index contributed by atoms with van der Waals surface area (Å²) in [5, 5.41) is 7.38. The molecule has 138 valence electrons. The first-order valence-corrected chi connectivity index (χ1v) is 9.93. The van der Waals surface area contributed by atoms with Gasteiger partial charge in [0, 0.05) is 16.1 Å². The molecule has 0 aliphatic heterocycles. The van der Waals surface area contributed by atoms with E-state index in [1.165, 1.54) is 17.4 Å². The summed E-state index contributed by atoms with van der Waals surface area (Å²) in [6.07, 6.45) is 2.96. The second kappa shape index (κ2) is 8.35. The van der Waals surface area contributed by atoms with Crippen LogP contribution in [0.1, 0.15) is 16.7 Å². The van der Waals surface area contributed by atoms with E-state index in [1.54, 1.807) is 24.3 Å². The van der Waals surface area contributed by atoms with Gasteiger partial charge in [0.1, 0.15) is 0 Å². The van der Waals surface area contributed by atoms with Crippen LogP contribution in [0.25, 0.3) is 16.3 Å². The first kappa shape index (κ1) is 19.8. The lowest BCUT2D eigenvalue weighted by atomic mass is 10.1. The van der Waals surface area contributed by atoms with Crippen molar-refractivity contribution >= 4 is 79.2 Å². The molecule has 1 aromatic heterocycles. The number of thiazole rings is 1. The summed E-state index contributed by atoms with van der Waals surface area (Å²) >= 11 is 18.6. The Morgan fingerprint density at radius 3 is 2.63 bits per heavy atom. The molecule has 0 radical (unpaired) electrons. The van der Waals surface area contributed by atoms with Crippen molar-refractivity contribution in [2.75, 3.05) is 5.32 Å². The van der Waals surface area contributed by atoms with Crippen molar-refractivity contribution in [2.24, 2.45) is 0 Å². The molecule has 3 rings (SSSR count). The van der Waals surface area contributed by atoms with Gasteiger partial charge in [0.25, 0.3) is 0 Å². The van der Waals surface area contributed by atoms with Crippen molar-refractivity contribution in [3.05, 3.63) is 63.1 Å². The predicted molar refractivity (Wildman–Crippen MR) is 119 cm³/mol. The molecule has 2 N–H and O–H groups in total. The number of hydrogen-bond donors (Lipinski definition) is 2. The molecule has 0 saturated heterocycles. The van der Waals surface area contributed by atoms with Gasteiger partial charge in [-0.1, -0.05) is 52.7 Å². The van der Waals surface area contributed by atoms with Crippen LogP contribution < -0.4 is 10.6 Å². The lowest BCUT2D eigenvalue weighted by Crippen LogP contribution is -2.32. The van der Waals surface area contributed by atoms with E-state index in [9.17, 15) is 4.79 Å². The quantitative estimate of drug-likeness (QED) is 0.406. The molecule has 4 nitrogen and oxygen atoms in total. The van der Waals surface area contributed by atoms with Gasteiger partial charge in [-0.2, -0.15) is 0 Å². The Balaban J connectivity index is 1.65. The number of hydrogen-bond acceptors (Lipinski definition) is 4. The van der Waals surface area contributed by atoms with Gasteiger partial charge >= 0.3 is 0 Å². The van der Waals surface area contributed by atoms with Crippen molar-refractivity contribution in [2.45, 2.75) is 13.8 Å². The molecule has 3 aromatic rings. The van der Waals surface area contributed by atoms with E-state index in [4.69, 9.17) is 35.4 Å². The van der Waals surface area contributed by atoms with Crippen LogP contribution >= 0.6 is 46.8 Å². The second-order valence-corrected chi connectivity index (χ2v) is 8.09. The fourth-order valence-electron chi connectivity index (χ4n) is 2.40. The smallest absolute Gasteiger partial charge is 0.250 e. The van der Waals surface area contributed by atoms with Crippen molar-refractivity contribution < 1.29 is 4.79 Å². The average Bonchev–Trinajstić information content (AvgIpc) is 3.02. The van der Waals surface area contributed by atoms with Gasteiger partial charge in [-0.05, 0) is 61.0 Å². The molecule has 0 bridgehead atoms. The Morgan fingerprint density at radius 1 is 1.19 bits per heavy atom. The Labute approximate surface area is 176 Å². The molecule has 0 aliphatic rings. The van der Waals surface area contributed by atoms with Crippen molar-refractivity contribution in [3.63, 3.8) is 0 Å². The maximum Gasteiger partial charge on any atom is 0.250 e. The van der Waals surface area contributed by atoms with E-state index in [0.29, 0.717) is 20.7 Å². The molecule has 0 aliphatic carbocycles. The Hall–Kier alpha value is -1.99. The van der Waals surface area contributed by atoms with Gasteiger partial charge in [0.15, 0.2) is 10.2 Å². The molecule has 0 fully saturated rings. The lowest BCUT2D eigenvalue weighted by Gasteiger charge is -2.04. The number of carbonyl (C=O) groups is 1. The fourth-order valence-corrected chi connectivity index (χ4v) is 4.15. The highest BCUT2D eigenvalue weighted by Gasteiger charge is 2.10. The lowest BCUT2D eigenvalue weighted by molar-refractivity contribution is -0.115. The molecule has 0 unspecified atom stereocenters. The first-order valence-electron chi connectivity index (χ1n) is 7.95. The van der Waals surface area contributed by atoms with Gasteiger partial charge in [-0.15, -0.1) is 0 Å². The zero-order valence-corrected chi connectivity index (χ0v) is 17.6. The van der Waals surface area contributed by atoms with E-state index in [1.807, 2.05) is 19.9 Å². The summed E-state index contributed by atoms with van der Waals surface area (Å²) in [7, 11) is 0. The van der Waals surface area contributed by atoms with Crippen molar-refractivity contribution in [1.82, 2.24) is 10.3 Å². The summed E-state index contributed by atoms with van der Waals surface area (Å²) in [6.45, 7) is 4.05. The largest absolute Gasteiger partial charge is 0.308 e. The summed E-state index contributed by atoms with van der Waals surface area (Å²) in [6, 6.07) is 9.15. The maximum absolute atomic E-state index is 12.1. The number of benzene rings is 2. The van der Waals surface area contributed by atoms with Crippen molar-refractivity contribution in [1.29, 1.82) is 0 Å². The third kappa shape index (κ3) is 4.84.